The van der Waals surface area contributed by atoms with E-state index >= 15 is 0 Å². The first kappa shape index (κ1) is 14.1. The molecule has 1 N–H and O–H groups in total. The van der Waals surface area contributed by atoms with E-state index in [-0.39, 0.29) is 24.9 Å². The van der Waals surface area contributed by atoms with E-state index in [9.17, 15) is 9.59 Å². The Labute approximate surface area is 124 Å². The lowest BCUT2D eigenvalue weighted by Gasteiger charge is -2.16. The molecule has 0 radical (unpaired) electrons. The fourth-order valence-corrected chi connectivity index (χ4v) is 2.76. The second-order valence-electron chi connectivity index (χ2n) is 5.99. The van der Waals surface area contributed by atoms with Crippen molar-refractivity contribution in [2.45, 2.75) is 51.0 Å². The summed E-state index contributed by atoms with van der Waals surface area (Å²) in [7, 11) is 0. The molecule has 112 valence electrons. The van der Waals surface area contributed by atoms with Crippen LogP contribution in [0.3, 0.4) is 0 Å². The van der Waals surface area contributed by atoms with Crippen molar-refractivity contribution in [1.29, 1.82) is 0 Å². The molecule has 1 saturated carbocycles. The monoisotopic (exact) mass is 287 g/mol. The molecule has 1 aromatic rings. The largest absolute Gasteiger partial charge is 0.455 e. The van der Waals surface area contributed by atoms with E-state index in [1.807, 2.05) is 6.07 Å². The number of hydrogen-bond donors (Lipinski definition) is 1. The average molecular weight is 287 g/mol. The van der Waals surface area contributed by atoms with Crippen LogP contribution in [0.25, 0.3) is 0 Å². The van der Waals surface area contributed by atoms with Gasteiger partial charge in [0, 0.05) is 6.04 Å². The smallest absolute Gasteiger partial charge is 0.310 e. The van der Waals surface area contributed by atoms with E-state index < -0.39 is 0 Å². The zero-order valence-electron chi connectivity index (χ0n) is 12.2. The van der Waals surface area contributed by atoms with Gasteiger partial charge in [0.05, 0.1) is 6.42 Å². The van der Waals surface area contributed by atoms with Crippen molar-refractivity contribution in [2.24, 2.45) is 0 Å². The number of ether oxygens (including phenoxy) is 1. The summed E-state index contributed by atoms with van der Waals surface area (Å²) in [6, 6.07) is 6.53. The predicted molar refractivity (Wildman–Crippen MR) is 78.9 cm³/mol. The number of carbonyl (C=O) groups excluding carboxylic acids is 2. The van der Waals surface area contributed by atoms with Gasteiger partial charge in [-0.25, -0.2) is 0 Å². The molecular formula is C17H21NO3. The van der Waals surface area contributed by atoms with Gasteiger partial charge in [-0.05, 0) is 55.2 Å². The van der Waals surface area contributed by atoms with Crippen LogP contribution in [0.1, 0.15) is 42.4 Å². The first-order valence-electron chi connectivity index (χ1n) is 7.76. The van der Waals surface area contributed by atoms with Crippen molar-refractivity contribution in [3.8, 4) is 0 Å². The van der Waals surface area contributed by atoms with Crippen LogP contribution in [-0.4, -0.2) is 24.5 Å². The highest BCUT2D eigenvalue weighted by Gasteiger charge is 2.23. The molecule has 0 unspecified atom stereocenters. The molecule has 4 heteroatoms. The van der Waals surface area contributed by atoms with Gasteiger partial charge in [-0.3, -0.25) is 9.59 Å². The fourth-order valence-electron chi connectivity index (χ4n) is 2.76. The normalized spacial score (nSPS) is 17.0. The molecule has 0 heterocycles. The standard InChI is InChI=1S/C17H21NO3/c19-16(18-15-7-8-15)11-21-17(20)10-12-5-6-13-3-1-2-4-14(13)9-12/h5-6,9,15H,1-4,7-8,10-11H2,(H,18,19). The maximum atomic E-state index is 11.8. The number of amides is 1. The number of esters is 1. The number of rotatable bonds is 5. The third kappa shape index (κ3) is 4.06. The zero-order chi connectivity index (χ0) is 14.7. The molecule has 3 rings (SSSR count). The quantitative estimate of drug-likeness (QED) is 0.842. The Balaban J connectivity index is 1.48. The molecule has 0 aromatic heterocycles. The summed E-state index contributed by atoms with van der Waals surface area (Å²) in [5, 5.41) is 2.80. The summed E-state index contributed by atoms with van der Waals surface area (Å²) in [4.78, 5) is 23.2. The van der Waals surface area contributed by atoms with Crippen molar-refractivity contribution in [3.63, 3.8) is 0 Å². The van der Waals surface area contributed by atoms with Gasteiger partial charge in [0.25, 0.3) is 5.91 Å². The minimum atomic E-state index is -0.336. The van der Waals surface area contributed by atoms with E-state index in [0.717, 1.165) is 31.2 Å². The number of aryl methyl sites for hydroxylation is 2. The SMILES string of the molecule is O=C(COC(=O)Cc1ccc2c(c1)CCCC2)NC1CC1. The molecule has 0 atom stereocenters. The van der Waals surface area contributed by atoms with Crippen molar-refractivity contribution in [2.75, 3.05) is 6.61 Å². The van der Waals surface area contributed by atoms with Gasteiger partial charge in [-0.15, -0.1) is 0 Å². The molecule has 21 heavy (non-hydrogen) atoms. The van der Waals surface area contributed by atoms with Gasteiger partial charge in [0.2, 0.25) is 0 Å². The maximum Gasteiger partial charge on any atom is 0.310 e. The fraction of sp³-hybridized carbons (Fsp3) is 0.529. The maximum absolute atomic E-state index is 11.8. The predicted octanol–water partition coefficient (Wildman–Crippen LogP) is 1.93. The third-order valence-corrected chi connectivity index (χ3v) is 4.07. The van der Waals surface area contributed by atoms with Crippen LogP contribution in [0.15, 0.2) is 18.2 Å². The second kappa shape index (κ2) is 6.29. The summed E-state index contributed by atoms with van der Waals surface area (Å²) in [6.45, 7) is -0.166. The van der Waals surface area contributed by atoms with Gasteiger partial charge in [0.1, 0.15) is 0 Å². The molecule has 4 nitrogen and oxygen atoms in total. The number of hydrogen-bond acceptors (Lipinski definition) is 3. The lowest BCUT2D eigenvalue weighted by Crippen LogP contribution is -2.30. The number of fused-ring (bicyclic) bond motifs is 1. The average Bonchev–Trinajstić information content (AvgIpc) is 3.29. The second-order valence-corrected chi connectivity index (χ2v) is 5.99. The highest BCUT2D eigenvalue weighted by atomic mass is 16.5. The Kier molecular flexibility index (Phi) is 4.23. The molecule has 1 aromatic carbocycles. The lowest BCUT2D eigenvalue weighted by molar-refractivity contribution is -0.147. The summed E-state index contributed by atoms with van der Waals surface area (Å²) in [5.74, 6) is -0.534. The number of benzene rings is 1. The van der Waals surface area contributed by atoms with Crippen molar-refractivity contribution in [3.05, 3.63) is 34.9 Å². The molecule has 0 saturated heterocycles. The van der Waals surface area contributed by atoms with Crippen molar-refractivity contribution in [1.82, 2.24) is 5.32 Å². The molecule has 1 fully saturated rings. The molecular weight excluding hydrogens is 266 g/mol. The van der Waals surface area contributed by atoms with E-state index in [4.69, 9.17) is 4.74 Å². The Hall–Kier alpha value is -1.84. The van der Waals surface area contributed by atoms with Crippen LogP contribution in [0, 0.1) is 0 Å². The van der Waals surface area contributed by atoms with Gasteiger partial charge < -0.3 is 10.1 Å². The van der Waals surface area contributed by atoms with Crippen molar-refractivity contribution >= 4 is 11.9 Å². The van der Waals surface area contributed by atoms with Gasteiger partial charge in [-0.2, -0.15) is 0 Å². The van der Waals surface area contributed by atoms with Crippen LogP contribution >= 0.6 is 0 Å². The first-order valence-corrected chi connectivity index (χ1v) is 7.76. The zero-order valence-corrected chi connectivity index (χ0v) is 12.2. The van der Waals surface area contributed by atoms with E-state index in [0.29, 0.717) is 6.04 Å². The number of nitrogens with one attached hydrogen (secondary N) is 1. The summed E-state index contributed by atoms with van der Waals surface area (Å²) >= 11 is 0. The molecule has 1 amide bonds. The highest BCUT2D eigenvalue weighted by molar-refractivity contribution is 5.81. The topological polar surface area (TPSA) is 55.4 Å². The van der Waals surface area contributed by atoms with Crippen LogP contribution in [0.5, 0.6) is 0 Å². The van der Waals surface area contributed by atoms with E-state index in [1.54, 1.807) is 0 Å². The van der Waals surface area contributed by atoms with Crippen LogP contribution in [0.4, 0.5) is 0 Å². The van der Waals surface area contributed by atoms with Crippen LogP contribution in [-0.2, 0) is 33.6 Å². The Bertz CT molecular complexity index is 549. The Morgan fingerprint density at radius 1 is 1.14 bits per heavy atom. The lowest BCUT2D eigenvalue weighted by atomic mass is 9.90. The summed E-state index contributed by atoms with van der Waals surface area (Å²) in [6.07, 6.45) is 7.03. The molecule has 0 aliphatic heterocycles. The van der Waals surface area contributed by atoms with E-state index in [2.05, 4.69) is 17.4 Å². The highest BCUT2D eigenvalue weighted by Crippen LogP contribution is 2.22. The Morgan fingerprint density at radius 2 is 1.90 bits per heavy atom. The van der Waals surface area contributed by atoms with Crippen LogP contribution in [0.2, 0.25) is 0 Å². The van der Waals surface area contributed by atoms with Gasteiger partial charge >= 0.3 is 5.97 Å². The molecule has 2 aliphatic rings. The van der Waals surface area contributed by atoms with Gasteiger partial charge in [0.15, 0.2) is 6.61 Å². The minimum Gasteiger partial charge on any atom is -0.455 e. The first-order chi connectivity index (χ1) is 10.2. The van der Waals surface area contributed by atoms with Crippen molar-refractivity contribution < 1.29 is 14.3 Å². The third-order valence-electron chi connectivity index (χ3n) is 4.07. The van der Waals surface area contributed by atoms with Crippen LogP contribution < -0.4 is 5.32 Å². The summed E-state index contributed by atoms with van der Waals surface area (Å²) < 4.78 is 5.03. The summed E-state index contributed by atoms with van der Waals surface area (Å²) in [5.41, 5.74) is 3.74. The minimum absolute atomic E-state index is 0.166. The molecule has 0 spiro atoms. The Morgan fingerprint density at radius 3 is 2.67 bits per heavy atom. The number of carbonyl (C=O) groups is 2. The molecule has 0 bridgehead atoms. The molecule has 2 aliphatic carbocycles. The van der Waals surface area contributed by atoms with E-state index in [1.165, 1.54) is 24.0 Å². The van der Waals surface area contributed by atoms with Gasteiger partial charge in [-0.1, -0.05) is 18.2 Å².